The Hall–Kier alpha value is -1.92. The normalized spacial score (nSPS) is 20.0. The van der Waals surface area contributed by atoms with Gasteiger partial charge >= 0.3 is 0 Å². The van der Waals surface area contributed by atoms with Gasteiger partial charge in [0.25, 0.3) is 0 Å². The number of nitrogens with one attached hydrogen (secondary N) is 1. The molecule has 0 bridgehead atoms. The van der Waals surface area contributed by atoms with Gasteiger partial charge in [0, 0.05) is 39.3 Å². The van der Waals surface area contributed by atoms with Crippen molar-refractivity contribution in [2.75, 3.05) is 32.7 Å². The van der Waals surface area contributed by atoms with Crippen molar-refractivity contribution in [1.29, 1.82) is 0 Å². The largest absolute Gasteiger partial charge is 0.352 e. The number of carbonyl (C=O) groups excluding carboxylic acids is 1. The quantitative estimate of drug-likeness (QED) is 0.888. The number of imidazole rings is 1. The summed E-state index contributed by atoms with van der Waals surface area (Å²) in [6.07, 6.45) is 4.81. The van der Waals surface area contributed by atoms with Crippen molar-refractivity contribution in [3.05, 3.63) is 30.1 Å². The van der Waals surface area contributed by atoms with Crippen LogP contribution in [0.25, 0.3) is 11.0 Å². The van der Waals surface area contributed by atoms with E-state index in [-0.39, 0.29) is 5.91 Å². The maximum absolute atomic E-state index is 12.2. The highest BCUT2D eigenvalue weighted by Gasteiger charge is 2.22. The monoisotopic (exact) mass is 355 g/mol. The first-order valence-corrected chi connectivity index (χ1v) is 9.83. The molecule has 1 N–H and O–H groups in total. The minimum absolute atomic E-state index is 0.195. The van der Waals surface area contributed by atoms with Crippen LogP contribution in [0.5, 0.6) is 0 Å². The molecule has 0 atom stereocenters. The van der Waals surface area contributed by atoms with Gasteiger partial charge in [-0.1, -0.05) is 25.0 Å². The van der Waals surface area contributed by atoms with E-state index in [0.717, 1.165) is 56.9 Å². The van der Waals surface area contributed by atoms with Gasteiger partial charge in [-0.25, -0.2) is 4.98 Å². The molecule has 1 saturated heterocycles. The second kappa shape index (κ2) is 7.76. The van der Waals surface area contributed by atoms with Gasteiger partial charge in [0.15, 0.2) is 0 Å². The fourth-order valence-corrected chi connectivity index (χ4v) is 4.19. The van der Waals surface area contributed by atoms with E-state index in [9.17, 15) is 4.79 Å². The molecule has 4 rings (SSSR count). The number of para-hydroxylation sites is 2. The van der Waals surface area contributed by atoms with Crippen LogP contribution in [0.15, 0.2) is 24.3 Å². The number of rotatable bonds is 5. The molecule has 1 aliphatic heterocycles. The topological polar surface area (TPSA) is 53.4 Å². The molecule has 6 heteroatoms. The van der Waals surface area contributed by atoms with Crippen LogP contribution in [-0.2, 0) is 18.4 Å². The van der Waals surface area contributed by atoms with Crippen LogP contribution >= 0.6 is 0 Å². The minimum atomic E-state index is 0.195. The van der Waals surface area contributed by atoms with E-state index in [2.05, 4.69) is 44.9 Å². The van der Waals surface area contributed by atoms with Gasteiger partial charge in [-0.05, 0) is 25.0 Å². The molecule has 26 heavy (non-hydrogen) atoms. The van der Waals surface area contributed by atoms with Crippen molar-refractivity contribution in [2.45, 2.75) is 38.3 Å². The molecule has 2 aliphatic rings. The molecule has 1 saturated carbocycles. The summed E-state index contributed by atoms with van der Waals surface area (Å²) in [4.78, 5) is 21.7. The number of piperazine rings is 1. The van der Waals surface area contributed by atoms with Crippen LogP contribution in [0, 0.1) is 0 Å². The molecule has 1 amide bonds. The predicted molar refractivity (Wildman–Crippen MR) is 103 cm³/mol. The third-order valence-electron chi connectivity index (χ3n) is 5.80. The first-order chi connectivity index (χ1) is 12.7. The van der Waals surface area contributed by atoms with Crippen LogP contribution in [0.1, 0.15) is 31.5 Å². The standard InChI is InChI=1S/C20H29N5O/c1-23-18-9-5-4-8-17(18)22-19(23)14-24-10-12-25(13-11-24)15-20(26)21-16-6-2-3-7-16/h4-5,8-9,16H,2-3,6-7,10-15H2,1H3,(H,21,26). The molecule has 2 aromatic rings. The van der Waals surface area contributed by atoms with Crippen LogP contribution in [0.4, 0.5) is 0 Å². The number of aromatic nitrogens is 2. The zero-order chi connectivity index (χ0) is 17.9. The van der Waals surface area contributed by atoms with E-state index < -0.39 is 0 Å². The lowest BCUT2D eigenvalue weighted by molar-refractivity contribution is -0.123. The Bertz CT molecular complexity index is 757. The Morgan fingerprint density at radius 2 is 1.81 bits per heavy atom. The second-order valence-corrected chi connectivity index (χ2v) is 7.68. The van der Waals surface area contributed by atoms with Gasteiger partial charge in [0.1, 0.15) is 5.82 Å². The number of benzene rings is 1. The lowest BCUT2D eigenvalue weighted by Gasteiger charge is -2.34. The number of nitrogens with zero attached hydrogens (tertiary/aromatic N) is 4. The molecule has 1 aromatic heterocycles. The summed E-state index contributed by atoms with van der Waals surface area (Å²) in [6, 6.07) is 8.70. The molecule has 2 fully saturated rings. The lowest BCUT2D eigenvalue weighted by Crippen LogP contribution is -2.50. The lowest BCUT2D eigenvalue weighted by atomic mass is 10.2. The third-order valence-corrected chi connectivity index (χ3v) is 5.80. The van der Waals surface area contributed by atoms with Crippen molar-refractivity contribution >= 4 is 16.9 Å². The zero-order valence-corrected chi connectivity index (χ0v) is 15.7. The van der Waals surface area contributed by atoms with Gasteiger partial charge in [-0.2, -0.15) is 0 Å². The highest BCUT2D eigenvalue weighted by molar-refractivity contribution is 5.78. The number of aryl methyl sites for hydroxylation is 1. The van der Waals surface area contributed by atoms with Crippen molar-refractivity contribution < 1.29 is 4.79 Å². The first kappa shape index (κ1) is 17.5. The van der Waals surface area contributed by atoms with Gasteiger partial charge in [0.2, 0.25) is 5.91 Å². The average Bonchev–Trinajstić information content (AvgIpc) is 3.25. The molecular formula is C20H29N5O. The van der Waals surface area contributed by atoms with Crippen molar-refractivity contribution in [3.8, 4) is 0 Å². The fraction of sp³-hybridized carbons (Fsp3) is 0.600. The summed E-state index contributed by atoms with van der Waals surface area (Å²) in [6.45, 7) is 5.27. The summed E-state index contributed by atoms with van der Waals surface area (Å²) in [7, 11) is 2.09. The maximum atomic E-state index is 12.2. The average molecular weight is 355 g/mol. The first-order valence-electron chi connectivity index (χ1n) is 9.83. The zero-order valence-electron chi connectivity index (χ0n) is 15.7. The molecular weight excluding hydrogens is 326 g/mol. The van der Waals surface area contributed by atoms with Gasteiger partial charge < -0.3 is 9.88 Å². The Balaban J connectivity index is 1.26. The Morgan fingerprint density at radius 3 is 2.54 bits per heavy atom. The molecule has 0 spiro atoms. The number of hydrogen-bond acceptors (Lipinski definition) is 4. The van der Waals surface area contributed by atoms with E-state index in [1.807, 2.05) is 6.07 Å². The van der Waals surface area contributed by atoms with Crippen molar-refractivity contribution in [2.24, 2.45) is 7.05 Å². The molecule has 2 heterocycles. The van der Waals surface area contributed by atoms with Gasteiger partial charge in [-0.15, -0.1) is 0 Å². The van der Waals surface area contributed by atoms with Crippen LogP contribution in [0.3, 0.4) is 0 Å². The molecule has 0 unspecified atom stereocenters. The summed E-state index contributed by atoms with van der Waals surface area (Å²) in [5.74, 6) is 1.30. The van der Waals surface area contributed by atoms with Crippen molar-refractivity contribution in [1.82, 2.24) is 24.7 Å². The highest BCUT2D eigenvalue weighted by Crippen LogP contribution is 2.18. The van der Waals surface area contributed by atoms with E-state index in [0.29, 0.717) is 12.6 Å². The van der Waals surface area contributed by atoms with E-state index in [1.54, 1.807) is 0 Å². The van der Waals surface area contributed by atoms with Crippen LogP contribution in [-0.4, -0.2) is 64.0 Å². The second-order valence-electron chi connectivity index (χ2n) is 7.68. The summed E-state index contributed by atoms with van der Waals surface area (Å²) in [5, 5.41) is 3.19. The SMILES string of the molecule is Cn1c(CN2CCN(CC(=O)NC3CCCC3)CC2)nc2ccccc21. The van der Waals surface area contributed by atoms with Crippen molar-refractivity contribution in [3.63, 3.8) is 0 Å². The van der Waals surface area contributed by atoms with Crippen LogP contribution < -0.4 is 5.32 Å². The van der Waals surface area contributed by atoms with E-state index >= 15 is 0 Å². The third kappa shape index (κ3) is 3.91. The Labute approximate surface area is 155 Å². The summed E-state index contributed by atoms with van der Waals surface area (Å²) >= 11 is 0. The number of amides is 1. The number of carbonyl (C=O) groups is 1. The Kier molecular flexibility index (Phi) is 5.22. The minimum Gasteiger partial charge on any atom is -0.352 e. The molecule has 0 radical (unpaired) electrons. The van der Waals surface area contributed by atoms with Gasteiger partial charge in [0.05, 0.1) is 24.1 Å². The predicted octanol–water partition coefficient (Wildman–Crippen LogP) is 1.75. The fourth-order valence-electron chi connectivity index (χ4n) is 4.19. The maximum Gasteiger partial charge on any atom is 0.234 e. The smallest absolute Gasteiger partial charge is 0.234 e. The van der Waals surface area contributed by atoms with Gasteiger partial charge in [-0.3, -0.25) is 14.6 Å². The molecule has 1 aliphatic carbocycles. The van der Waals surface area contributed by atoms with E-state index in [4.69, 9.17) is 4.98 Å². The summed E-state index contributed by atoms with van der Waals surface area (Å²) in [5.41, 5.74) is 2.25. The Morgan fingerprint density at radius 1 is 1.12 bits per heavy atom. The molecule has 1 aromatic carbocycles. The van der Waals surface area contributed by atoms with Crippen LogP contribution in [0.2, 0.25) is 0 Å². The number of fused-ring (bicyclic) bond motifs is 1. The van der Waals surface area contributed by atoms with E-state index in [1.165, 1.54) is 18.4 Å². The summed E-state index contributed by atoms with van der Waals surface area (Å²) < 4.78 is 2.19. The molecule has 140 valence electrons. The molecule has 6 nitrogen and oxygen atoms in total. The highest BCUT2D eigenvalue weighted by atomic mass is 16.2. The number of hydrogen-bond donors (Lipinski definition) is 1.